The molecule has 0 spiro atoms. The average Bonchev–Trinajstić information content (AvgIpc) is 2.37. The van der Waals surface area contributed by atoms with Crippen LogP contribution in [0.3, 0.4) is 0 Å². The van der Waals surface area contributed by atoms with Crippen LogP contribution in [0.4, 0.5) is 5.69 Å². The summed E-state index contributed by atoms with van der Waals surface area (Å²) in [6.45, 7) is 5.90. The second-order valence-corrected chi connectivity index (χ2v) is 5.81. The standard InChI is InChI=1S/C13H17BrN2O3/c1-5-13(2,3)15(4)12(17)10-8-9(16(18)19)6-7-11(10)14/h6-8H,5H2,1-4H3. The Morgan fingerprint density at radius 2 is 2.05 bits per heavy atom. The van der Waals surface area contributed by atoms with E-state index >= 15 is 0 Å². The van der Waals surface area contributed by atoms with E-state index in [1.165, 1.54) is 18.2 Å². The van der Waals surface area contributed by atoms with Crippen LogP contribution in [-0.2, 0) is 0 Å². The second-order valence-electron chi connectivity index (χ2n) is 4.95. The number of hydrogen-bond acceptors (Lipinski definition) is 3. The number of hydrogen-bond donors (Lipinski definition) is 0. The van der Waals surface area contributed by atoms with E-state index in [-0.39, 0.29) is 17.1 Å². The van der Waals surface area contributed by atoms with E-state index in [1.54, 1.807) is 11.9 Å². The van der Waals surface area contributed by atoms with Crippen molar-refractivity contribution in [2.24, 2.45) is 0 Å². The molecule has 0 aliphatic rings. The predicted octanol–water partition coefficient (Wildman–Crippen LogP) is 3.62. The maximum Gasteiger partial charge on any atom is 0.270 e. The van der Waals surface area contributed by atoms with Gasteiger partial charge in [0, 0.05) is 29.2 Å². The van der Waals surface area contributed by atoms with Gasteiger partial charge in [-0.05, 0) is 42.3 Å². The van der Waals surface area contributed by atoms with Crippen LogP contribution in [0.2, 0.25) is 0 Å². The molecule has 0 aromatic heterocycles. The Morgan fingerprint density at radius 3 is 2.53 bits per heavy atom. The normalized spacial score (nSPS) is 11.2. The van der Waals surface area contributed by atoms with E-state index in [2.05, 4.69) is 15.9 Å². The Kier molecular flexibility index (Phi) is 4.68. The first-order chi connectivity index (χ1) is 8.70. The van der Waals surface area contributed by atoms with Gasteiger partial charge in [0.1, 0.15) is 0 Å². The van der Waals surface area contributed by atoms with Gasteiger partial charge < -0.3 is 4.90 Å². The fourth-order valence-electron chi connectivity index (χ4n) is 1.48. The molecular formula is C13H17BrN2O3. The van der Waals surface area contributed by atoms with Crippen molar-refractivity contribution >= 4 is 27.5 Å². The fraction of sp³-hybridized carbons (Fsp3) is 0.462. The Morgan fingerprint density at radius 1 is 1.47 bits per heavy atom. The Hall–Kier alpha value is -1.43. The van der Waals surface area contributed by atoms with Crippen LogP contribution >= 0.6 is 15.9 Å². The molecule has 0 atom stereocenters. The van der Waals surface area contributed by atoms with E-state index in [1.807, 2.05) is 20.8 Å². The molecular weight excluding hydrogens is 312 g/mol. The molecule has 19 heavy (non-hydrogen) atoms. The van der Waals surface area contributed by atoms with Crippen LogP contribution in [0.15, 0.2) is 22.7 Å². The molecule has 0 saturated carbocycles. The molecule has 5 nitrogen and oxygen atoms in total. The highest BCUT2D eigenvalue weighted by Gasteiger charge is 2.28. The number of halogens is 1. The van der Waals surface area contributed by atoms with Gasteiger partial charge in [0.2, 0.25) is 0 Å². The molecule has 1 aromatic carbocycles. The first kappa shape index (κ1) is 15.6. The quantitative estimate of drug-likeness (QED) is 0.626. The number of carbonyl (C=O) groups excluding carboxylic acids is 1. The van der Waals surface area contributed by atoms with Crippen LogP contribution in [0, 0.1) is 10.1 Å². The van der Waals surface area contributed by atoms with E-state index in [4.69, 9.17) is 0 Å². The van der Waals surface area contributed by atoms with Gasteiger partial charge in [-0.2, -0.15) is 0 Å². The Balaban J connectivity index is 3.19. The average molecular weight is 329 g/mol. The van der Waals surface area contributed by atoms with Crippen LogP contribution < -0.4 is 0 Å². The number of rotatable bonds is 4. The number of nitro benzene ring substituents is 1. The van der Waals surface area contributed by atoms with Crippen LogP contribution in [0.25, 0.3) is 0 Å². The minimum atomic E-state index is -0.506. The largest absolute Gasteiger partial charge is 0.337 e. The van der Waals surface area contributed by atoms with Crippen molar-refractivity contribution in [1.82, 2.24) is 4.90 Å². The van der Waals surface area contributed by atoms with Crippen molar-refractivity contribution in [3.63, 3.8) is 0 Å². The van der Waals surface area contributed by atoms with Gasteiger partial charge in [0.05, 0.1) is 10.5 Å². The zero-order chi connectivity index (χ0) is 14.8. The first-order valence-electron chi connectivity index (χ1n) is 5.92. The maximum atomic E-state index is 12.4. The molecule has 104 valence electrons. The summed E-state index contributed by atoms with van der Waals surface area (Å²) in [5, 5.41) is 10.8. The third-order valence-corrected chi connectivity index (χ3v) is 4.16. The van der Waals surface area contributed by atoms with E-state index in [9.17, 15) is 14.9 Å². The molecule has 0 fully saturated rings. The van der Waals surface area contributed by atoms with Crippen molar-refractivity contribution in [3.05, 3.63) is 38.3 Å². The third-order valence-electron chi connectivity index (χ3n) is 3.47. The molecule has 6 heteroatoms. The highest BCUT2D eigenvalue weighted by atomic mass is 79.9. The summed E-state index contributed by atoms with van der Waals surface area (Å²) in [4.78, 5) is 24.3. The minimum Gasteiger partial charge on any atom is -0.337 e. The summed E-state index contributed by atoms with van der Waals surface area (Å²) < 4.78 is 0.557. The number of amides is 1. The molecule has 0 aliphatic carbocycles. The Labute approximate surface area is 120 Å². The van der Waals surface area contributed by atoms with E-state index in [0.29, 0.717) is 10.0 Å². The van der Waals surface area contributed by atoms with E-state index < -0.39 is 4.92 Å². The molecule has 0 N–H and O–H groups in total. The summed E-state index contributed by atoms with van der Waals surface area (Å²) in [5.74, 6) is -0.234. The lowest BCUT2D eigenvalue weighted by molar-refractivity contribution is -0.384. The first-order valence-corrected chi connectivity index (χ1v) is 6.72. The zero-order valence-electron chi connectivity index (χ0n) is 11.4. The van der Waals surface area contributed by atoms with E-state index in [0.717, 1.165) is 6.42 Å². The lowest BCUT2D eigenvalue weighted by Crippen LogP contribution is -2.44. The van der Waals surface area contributed by atoms with Gasteiger partial charge in [0.25, 0.3) is 11.6 Å². The number of nitro groups is 1. The van der Waals surface area contributed by atoms with Gasteiger partial charge in [0.15, 0.2) is 0 Å². The lowest BCUT2D eigenvalue weighted by Gasteiger charge is -2.35. The van der Waals surface area contributed by atoms with Crippen molar-refractivity contribution in [3.8, 4) is 0 Å². The topological polar surface area (TPSA) is 63.5 Å². The molecule has 1 rings (SSSR count). The van der Waals surface area contributed by atoms with Crippen LogP contribution in [0.5, 0.6) is 0 Å². The minimum absolute atomic E-state index is 0.0887. The number of non-ortho nitro benzene ring substituents is 1. The molecule has 0 radical (unpaired) electrons. The molecule has 0 bridgehead atoms. The molecule has 1 amide bonds. The summed E-state index contributed by atoms with van der Waals surface area (Å²) in [7, 11) is 1.71. The highest BCUT2D eigenvalue weighted by molar-refractivity contribution is 9.10. The smallest absolute Gasteiger partial charge is 0.270 e. The molecule has 0 unspecified atom stereocenters. The summed E-state index contributed by atoms with van der Waals surface area (Å²) in [6, 6.07) is 4.19. The fourth-order valence-corrected chi connectivity index (χ4v) is 1.90. The van der Waals surface area contributed by atoms with Gasteiger partial charge in [-0.25, -0.2) is 0 Å². The zero-order valence-corrected chi connectivity index (χ0v) is 13.0. The number of carbonyl (C=O) groups is 1. The molecule has 0 saturated heterocycles. The molecule has 0 heterocycles. The Bertz CT molecular complexity index is 515. The number of benzene rings is 1. The summed E-state index contributed by atoms with van der Waals surface area (Å²) in [6.07, 6.45) is 0.793. The second kappa shape index (κ2) is 5.69. The van der Waals surface area contributed by atoms with Crippen molar-refractivity contribution in [2.45, 2.75) is 32.7 Å². The van der Waals surface area contributed by atoms with Crippen LogP contribution in [-0.4, -0.2) is 28.3 Å². The highest BCUT2D eigenvalue weighted by Crippen LogP contribution is 2.26. The molecule has 0 aliphatic heterocycles. The van der Waals surface area contributed by atoms with Crippen LogP contribution in [0.1, 0.15) is 37.6 Å². The molecule has 1 aromatic rings. The van der Waals surface area contributed by atoms with Gasteiger partial charge in [-0.3, -0.25) is 14.9 Å². The monoisotopic (exact) mass is 328 g/mol. The summed E-state index contributed by atoms with van der Waals surface area (Å²) >= 11 is 3.27. The SMILES string of the molecule is CCC(C)(C)N(C)C(=O)c1cc([N+](=O)[O-])ccc1Br. The summed E-state index contributed by atoms with van der Waals surface area (Å²) in [5.41, 5.74) is -0.0892. The van der Waals surface area contributed by atoms with Crippen molar-refractivity contribution in [2.75, 3.05) is 7.05 Å². The van der Waals surface area contributed by atoms with Gasteiger partial charge in [-0.1, -0.05) is 6.92 Å². The van der Waals surface area contributed by atoms with Crippen molar-refractivity contribution in [1.29, 1.82) is 0 Å². The lowest BCUT2D eigenvalue weighted by atomic mass is 9.99. The third kappa shape index (κ3) is 3.32. The van der Waals surface area contributed by atoms with Gasteiger partial charge >= 0.3 is 0 Å². The van der Waals surface area contributed by atoms with Crippen molar-refractivity contribution < 1.29 is 9.72 Å². The van der Waals surface area contributed by atoms with Gasteiger partial charge in [-0.15, -0.1) is 0 Å². The predicted molar refractivity (Wildman–Crippen MR) is 77.3 cm³/mol. The number of nitrogens with zero attached hydrogens (tertiary/aromatic N) is 2. The maximum absolute atomic E-state index is 12.4.